The summed E-state index contributed by atoms with van der Waals surface area (Å²) in [4.78, 5) is 13.9. The molecule has 4 heteroatoms. The summed E-state index contributed by atoms with van der Waals surface area (Å²) >= 11 is 0. The standard InChI is InChI=1S/C15H22FNO2/c1-3-17(9-10-19-4-2)12-14(18)11-13-7-5-6-8-15(13)16/h5-8H,3-4,9-12H2,1-2H3. The molecule has 3 nitrogen and oxygen atoms in total. The number of hydrogen-bond donors (Lipinski definition) is 0. The van der Waals surface area contributed by atoms with E-state index in [1.807, 2.05) is 18.7 Å². The van der Waals surface area contributed by atoms with Crippen molar-refractivity contribution < 1.29 is 13.9 Å². The van der Waals surface area contributed by atoms with Crippen LogP contribution in [0.3, 0.4) is 0 Å². The lowest BCUT2D eigenvalue weighted by atomic mass is 10.1. The lowest BCUT2D eigenvalue weighted by Crippen LogP contribution is -2.33. The Morgan fingerprint density at radius 1 is 1.32 bits per heavy atom. The second-order valence-electron chi connectivity index (χ2n) is 4.37. The molecule has 0 aliphatic heterocycles. The average molecular weight is 267 g/mol. The van der Waals surface area contributed by atoms with E-state index >= 15 is 0 Å². The zero-order valence-electron chi connectivity index (χ0n) is 11.7. The third-order valence-corrected chi connectivity index (χ3v) is 2.95. The molecule has 0 heterocycles. The first-order valence-electron chi connectivity index (χ1n) is 6.72. The normalized spacial score (nSPS) is 10.9. The molecule has 19 heavy (non-hydrogen) atoms. The summed E-state index contributed by atoms with van der Waals surface area (Å²) in [6.07, 6.45) is 0.151. The Balaban J connectivity index is 2.43. The molecule has 0 saturated carbocycles. The van der Waals surface area contributed by atoms with Gasteiger partial charge in [0.2, 0.25) is 0 Å². The molecule has 1 rings (SSSR count). The van der Waals surface area contributed by atoms with Crippen LogP contribution in [-0.2, 0) is 16.0 Å². The van der Waals surface area contributed by atoms with Gasteiger partial charge in [-0.15, -0.1) is 0 Å². The van der Waals surface area contributed by atoms with Gasteiger partial charge in [0.05, 0.1) is 13.2 Å². The molecule has 0 bridgehead atoms. The molecule has 0 aromatic heterocycles. The number of ketones is 1. The highest BCUT2D eigenvalue weighted by atomic mass is 19.1. The maximum atomic E-state index is 13.4. The smallest absolute Gasteiger partial charge is 0.151 e. The Labute approximate surface area is 114 Å². The van der Waals surface area contributed by atoms with Gasteiger partial charge in [0.15, 0.2) is 5.78 Å². The number of hydrogen-bond acceptors (Lipinski definition) is 3. The van der Waals surface area contributed by atoms with E-state index in [0.717, 1.165) is 13.1 Å². The molecule has 0 spiro atoms. The van der Waals surface area contributed by atoms with Crippen molar-refractivity contribution in [3.8, 4) is 0 Å². The molecule has 106 valence electrons. The predicted octanol–water partition coefficient (Wildman–Crippen LogP) is 2.30. The Hall–Kier alpha value is -1.26. The fourth-order valence-corrected chi connectivity index (χ4v) is 1.85. The molecular formula is C15H22FNO2. The molecule has 0 atom stereocenters. The third kappa shape index (κ3) is 5.94. The first kappa shape index (κ1) is 15.8. The van der Waals surface area contributed by atoms with Crippen LogP contribution in [0.5, 0.6) is 0 Å². The van der Waals surface area contributed by atoms with Gasteiger partial charge in [0, 0.05) is 19.6 Å². The van der Waals surface area contributed by atoms with E-state index in [2.05, 4.69) is 0 Å². The first-order valence-corrected chi connectivity index (χ1v) is 6.72. The molecule has 1 aromatic rings. The highest BCUT2D eigenvalue weighted by molar-refractivity contribution is 5.82. The van der Waals surface area contributed by atoms with Crippen molar-refractivity contribution in [2.45, 2.75) is 20.3 Å². The molecule has 0 unspecified atom stereocenters. The van der Waals surface area contributed by atoms with Crippen LogP contribution in [0, 0.1) is 5.82 Å². The van der Waals surface area contributed by atoms with Gasteiger partial charge in [0.1, 0.15) is 5.82 Å². The zero-order chi connectivity index (χ0) is 14.1. The summed E-state index contributed by atoms with van der Waals surface area (Å²) < 4.78 is 18.7. The van der Waals surface area contributed by atoms with E-state index in [-0.39, 0.29) is 18.0 Å². The number of carbonyl (C=O) groups is 1. The maximum absolute atomic E-state index is 13.4. The SMILES string of the molecule is CCOCCN(CC)CC(=O)Cc1ccccc1F. The van der Waals surface area contributed by atoms with Crippen molar-refractivity contribution in [2.24, 2.45) is 0 Å². The van der Waals surface area contributed by atoms with Gasteiger partial charge in [0.25, 0.3) is 0 Å². The van der Waals surface area contributed by atoms with Crippen LogP contribution >= 0.6 is 0 Å². The van der Waals surface area contributed by atoms with Crippen LogP contribution in [-0.4, -0.2) is 43.5 Å². The summed E-state index contributed by atoms with van der Waals surface area (Å²) in [5.74, 6) is -0.281. The van der Waals surface area contributed by atoms with Crippen LogP contribution in [0.4, 0.5) is 4.39 Å². The molecule has 0 fully saturated rings. The molecule has 0 aliphatic carbocycles. The third-order valence-electron chi connectivity index (χ3n) is 2.95. The minimum absolute atomic E-state index is 0.0310. The lowest BCUT2D eigenvalue weighted by molar-refractivity contribution is -0.119. The van der Waals surface area contributed by atoms with Crippen LogP contribution in [0.15, 0.2) is 24.3 Å². The molecule has 0 saturated heterocycles. The van der Waals surface area contributed by atoms with E-state index in [9.17, 15) is 9.18 Å². The van der Waals surface area contributed by atoms with Crippen molar-refractivity contribution in [3.63, 3.8) is 0 Å². The van der Waals surface area contributed by atoms with Gasteiger partial charge in [-0.1, -0.05) is 25.1 Å². The number of ether oxygens (including phenoxy) is 1. The second kappa shape index (κ2) is 8.77. The summed E-state index contributed by atoms with van der Waals surface area (Å²) in [6, 6.07) is 6.42. The largest absolute Gasteiger partial charge is 0.380 e. The molecule has 0 amide bonds. The fourth-order valence-electron chi connectivity index (χ4n) is 1.85. The Morgan fingerprint density at radius 2 is 2.05 bits per heavy atom. The van der Waals surface area contributed by atoms with Gasteiger partial charge in [-0.3, -0.25) is 9.69 Å². The number of halogens is 1. The highest BCUT2D eigenvalue weighted by Gasteiger charge is 2.11. The second-order valence-corrected chi connectivity index (χ2v) is 4.37. The minimum atomic E-state index is -0.312. The van der Waals surface area contributed by atoms with Gasteiger partial charge in [-0.25, -0.2) is 4.39 Å². The molecule has 0 aliphatic rings. The molecule has 0 N–H and O–H groups in total. The van der Waals surface area contributed by atoms with Crippen LogP contribution in [0.1, 0.15) is 19.4 Å². The molecule has 0 radical (unpaired) electrons. The van der Waals surface area contributed by atoms with Gasteiger partial charge in [-0.2, -0.15) is 0 Å². The van der Waals surface area contributed by atoms with E-state index in [0.29, 0.717) is 25.3 Å². The van der Waals surface area contributed by atoms with Gasteiger partial charge in [-0.05, 0) is 25.1 Å². The Bertz CT molecular complexity index is 395. The summed E-state index contributed by atoms with van der Waals surface area (Å²) in [7, 11) is 0. The minimum Gasteiger partial charge on any atom is -0.380 e. The highest BCUT2D eigenvalue weighted by Crippen LogP contribution is 2.07. The van der Waals surface area contributed by atoms with Gasteiger partial charge < -0.3 is 4.74 Å². The maximum Gasteiger partial charge on any atom is 0.151 e. The first-order chi connectivity index (χ1) is 9.17. The van der Waals surface area contributed by atoms with E-state index in [1.165, 1.54) is 6.07 Å². The monoisotopic (exact) mass is 267 g/mol. The summed E-state index contributed by atoms with van der Waals surface area (Å²) in [6.45, 7) is 7.11. The number of benzene rings is 1. The number of nitrogens with zero attached hydrogens (tertiary/aromatic N) is 1. The molecular weight excluding hydrogens is 245 g/mol. The lowest BCUT2D eigenvalue weighted by Gasteiger charge is -2.19. The Morgan fingerprint density at radius 3 is 2.68 bits per heavy atom. The number of carbonyl (C=O) groups excluding carboxylic acids is 1. The summed E-state index contributed by atoms with van der Waals surface area (Å²) in [5.41, 5.74) is 0.466. The van der Waals surface area contributed by atoms with E-state index < -0.39 is 0 Å². The van der Waals surface area contributed by atoms with Crippen molar-refractivity contribution >= 4 is 5.78 Å². The quantitative estimate of drug-likeness (QED) is 0.643. The predicted molar refractivity (Wildman–Crippen MR) is 73.7 cm³/mol. The van der Waals surface area contributed by atoms with Crippen LogP contribution in [0.25, 0.3) is 0 Å². The zero-order valence-corrected chi connectivity index (χ0v) is 11.7. The van der Waals surface area contributed by atoms with Crippen molar-refractivity contribution in [3.05, 3.63) is 35.6 Å². The van der Waals surface area contributed by atoms with Gasteiger partial charge >= 0.3 is 0 Å². The Kier molecular flexibility index (Phi) is 7.30. The van der Waals surface area contributed by atoms with Crippen LogP contribution < -0.4 is 0 Å². The molecule has 1 aromatic carbocycles. The summed E-state index contributed by atoms with van der Waals surface area (Å²) in [5, 5.41) is 0. The van der Waals surface area contributed by atoms with Crippen molar-refractivity contribution in [1.82, 2.24) is 4.90 Å². The fraction of sp³-hybridized carbons (Fsp3) is 0.533. The van der Waals surface area contributed by atoms with Crippen molar-refractivity contribution in [1.29, 1.82) is 0 Å². The van der Waals surface area contributed by atoms with E-state index in [4.69, 9.17) is 4.74 Å². The average Bonchev–Trinajstić information content (AvgIpc) is 2.40. The van der Waals surface area contributed by atoms with Crippen molar-refractivity contribution in [2.75, 3.05) is 32.8 Å². The van der Waals surface area contributed by atoms with E-state index in [1.54, 1.807) is 18.2 Å². The number of Topliss-reactive ketones (excluding diaryl/α,β-unsaturated/α-hetero) is 1. The van der Waals surface area contributed by atoms with Crippen LogP contribution in [0.2, 0.25) is 0 Å². The number of rotatable bonds is 9. The number of likely N-dealkylation sites (N-methyl/N-ethyl adjacent to an activating group) is 1. The topological polar surface area (TPSA) is 29.5 Å².